The van der Waals surface area contributed by atoms with Crippen LogP contribution in [0.25, 0.3) is 0 Å². The minimum absolute atomic E-state index is 0.103. The van der Waals surface area contributed by atoms with E-state index in [1.54, 1.807) is 0 Å². The number of nitrogens with two attached hydrogens (primary N) is 1. The van der Waals surface area contributed by atoms with Crippen LogP contribution in [-0.2, 0) is 14.3 Å². The Morgan fingerprint density at radius 1 is 0.719 bits per heavy atom. The Balaban J connectivity index is 5.08. The van der Waals surface area contributed by atoms with Gasteiger partial charge < -0.3 is 15.6 Å². The molecule has 0 aliphatic carbocycles. The predicted octanol–water partition coefficient (Wildman–Crippen LogP) is 7.54. The molecular weight excluding hydrogens is 402 g/mol. The first kappa shape index (κ1) is 30.9. The quantitative estimate of drug-likeness (QED) is 0.123. The molecule has 0 aliphatic heterocycles. The van der Waals surface area contributed by atoms with Crippen molar-refractivity contribution in [2.24, 2.45) is 5.73 Å². The summed E-state index contributed by atoms with van der Waals surface area (Å²) in [5, 5.41) is 8.92. The molecule has 0 amide bonds. The minimum Gasteiger partial charge on any atom is -0.481 e. The molecule has 0 aromatic heterocycles. The highest BCUT2D eigenvalue weighted by Gasteiger charge is 2.34. The Kier molecular flexibility index (Phi) is 19.8. The van der Waals surface area contributed by atoms with Crippen LogP contribution in [0, 0.1) is 0 Å². The number of carboxylic acids is 1. The molecule has 0 radical (unpaired) electrons. The van der Waals surface area contributed by atoms with Gasteiger partial charge in [-0.1, -0.05) is 97.8 Å². The molecule has 0 aromatic rings. The van der Waals surface area contributed by atoms with Gasteiger partial charge in [0.25, 0.3) is 0 Å². The number of rotatable bonds is 23. The molecule has 0 aliphatic rings. The van der Waals surface area contributed by atoms with Crippen LogP contribution in [0.4, 0.5) is 0 Å². The Labute approximate surface area is 198 Å². The Hall–Kier alpha value is -1.10. The number of unbranched alkanes of at least 4 members (excludes halogenated alkanes) is 12. The highest BCUT2D eigenvalue weighted by Crippen LogP contribution is 2.33. The maximum Gasteiger partial charge on any atom is 0.323 e. The van der Waals surface area contributed by atoms with Gasteiger partial charge in [-0.2, -0.15) is 0 Å². The third-order valence-electron chi connectivity index (χ3n) is 6.50. The maximum atomic E-state index is 12.8. The van der Waals surface area contributed by atoms with Crippen LogP contribution in [0.3, 0.4) is 0 Å². The molecule has 5 heteroatoms. The van der Waals surface area contributed by atoms with Crippen LogP contribution < -0.4 is 5.73 Å². The summed E-state index contributed by atoms with van der Waals surface area (Å²) < 4.78 is 6.18. The monoisotopic (exact) mass is 455 g/mol. The predicted molar refractivity (Wildman–Crippen MR) is 134 cm³/mol. The zero-order valence-corrected chi connectivity index (χ0v) is 21.5. The van der Waals surface area contributed by atoms with Crippen LogP contribution in [0.5, 0.6) is 0 Å². The summed E-state index contributed by atoms with van der Waals surface area (Å²) in [6, 6.07) is -0.856. The van der Waals surface area contributed by atoms with Crippen LogP contribution in [0.15, 0.2) is 0 Å². The largest absolute Gasteiger partial charge is 0.481 e. The van der Waals surface area contributed by atoms with Crippen LogP contribution in [0.2, 0.25) is 0 Å². The van der Waals surface area contributed by atoms with E-state index in [1.807, 2.05) is 0 Å². The van der Waals surface area contributed by atoms with E-state index < -0.39 is 23.6 Å². The van der Waals surface area contributed by atoms with Crippen molar-refractivity contribution in [2.45, 2.75) is 161 Å². The highest BCUT2D eigenvalue weighted by molar-refractivity contribution is 5.77. The van der Waals surface area contributed by atoms with Crippen molar-refractivity contribution < 1.29 is 19.4 Å². The number of carbonyl (C=O) groups excluding carboxylic acids is 1. The maximum absolute atomic E-state index is 12.8. The summed E-state index contributed by atoms with van der Waals surface area (Å²) >= 11 is 0. The third-order valence-corrected chi connectivity index (χ3v) is 6.50. The summed E-state index contributed by atoms with van der Waals surface area (Å²) in [4.78, 5) is 23.7. The Bertz CT molecular complexity index is 455. The number of hydrogen-bond donors (Lipinski definition) is 2. The van der Waals surface area contributed by atoms with Gasteiger partial charge >= 0.3 is 11.9 Å². The molecular formula is C27H53NO4. The fourth-order valence-electron chi connectivity index (χ4n) is 4.37. The number of esters is 1. The zero-order chi connectivity index (χ0) is 24.1. The molecule has 0 unspecified atom stereocenters. The molecule has 1 atom stereocenters. The van der Waals surface area contributed by atoms with E-state index in [2.05, 4.69) is 20.8 Å². The number of hydrogen-bond acceptors (Lipinski definition) is 4. The fourth-order valence-corrected chi connectivity index (χ4v) is 4.37. The summed E-state index contributed by atoms with van der Waals surface area (Å²) in [6.07, 6.45) is 20.6. The molecule has 190 valence electrons. The Morgan fingerprint density at radius 2 is 1.09 bits per heavy atom. The lowest BCUT2D eigenvalue weighted by atomic mass is 9.84. The normalized spacial score (nSPS) is 12.6. The minimum atomic E-state index is -0.929. The second-order valence-electron chi connectivity index (χ2n) is 9.64. The molecule has 0 saturated carbocycles. The molecule has 0 bridgehead atoms. The molecule has 0 saturated heterocycles. The lowest BCUT2D eigenvalue weighted by Gasteiger charge is -2.35. The van der Waals surface area contributed by atoms with E-state index in [0.717, 1.165) is 51.4 Å². The molecule has 0 aromatic carbocycles. The molecule has 3 N–H and O–H groups in total. The third kappa shape index (κ3) is 16.5. The summed E-state index contributed by atoms with van der Waals surface area (Å²) in [5.41, 5.74) is 5.57. The standard InChI is InChI=1S/C27H53NO4/c1-4-7-10-13-14-15-18-23-27(21-16-11-8-5-2,22-17-12-9-6-3)32-26(31)24(28)19-20-25(29)30/h24H,4-23,28H2,1-3H3,(H,29,30)/t24-/m0/s1. The van der Waals surface area contributed by atoms with E-state index >= 15 is 0 Å². The van der Waals surface area contributed by atoms with Crippen LogP contribution in [0.1, 0.15) is 149 Å². The van der Waals surface area contributed by atoms with Crippen LogP contribution >= 0.6 is 0 Å². The van der Waals surface area contributed by atoms with Crippen molar-refractivity contribution >= 4 is 11.9 Å². The van der Waals surface area contributed by atoms with E-state index in [0.29, 0.717) is 0 Å². The second kappa shape index (κ2) is 20.5. The fraction of sp³-hybridized carbons (Fsp3) is 0.926. The van der Waals surface area contributed by atoms with E-state index in [1.165, 1.54) is 64.2 Å². The van der Waals surface area contributed by atoms with Gasteiger partial charge in [0, 0.05) is 6.42 Å². The van der Waals surface area contributed by atoms with Crippen molar-refractivity contribution in [1.29, 1.82) is 0 Å². The molecule has 0 heterocycles. The van der Waals surface area contributed by atoms with Crippen molar-refractivity contribution in [3.8, 4) is 0 Å². The smallest absolute Gasteiger partial charge is 0.323 e. The number of aliphatic carboxylic acids is 1. The molecule has 0 fully saturated rings. The molecule has 32 heavy (non-hydrogen) atoms. The lowest BCUT2D eigenvalue weighted by Crippen LogP contribution is -2.42. The van der Waals surface area contributed by atoms with Crippen molar-refractivity contribution in [3.63, 3.8) is 0 Å². The first-order valence-electron chi connectivity index (χ1n) is 13.6. The lowest BCUT2D eigenvalue weighted by molar-refractivity contribution is -0.165. The van der Waals surface area contributed by atoms with Gasteiger partial charge in [0.05, 0.1) is 0 Å². The first-order valence-corrected chi connectivity index (χ1v) is 13.6. The van der Waals surface area contributed by atoms with Gasteiger partial charge in [-0.15, -0.1) is 0 Å². The number of ether oxygens (including phenoxy) is 1. The molecule has 5 nitrogen and oxygen atoms in total. The van der Waals surface area contributed by atoms with Crippen molar-refractivity contribution in [3.05, 3.63) is 0 Å². The summed E-state index contributed by atoms with van der Waals surface area (Å²) in [7, 11) is 0. The average molecular weight is 456 g/mol. The average Bonchev–Trinajstić information content (AvgIpc) is 2.77. The molecule has 0 spiro atoms. The van der Waals surface area contributed by atoms with Gasteiger partial charge in [0.2, 0.25) is 0 Å². The second-order valence-corrected chi connectivity index (χ2v) is 9.64. The van der Waals surface area contributed by atoms with Crippen molar-refractivity contribution in [2.75, 3.05) is 0 Å². The summed E-state index contributed by atoms with van der Waals surface area (Å²) in [6.45, 7) is 6.65. The van der Waals surface area contributed by atoms with Crippen molar-refractivity contribution in [1.82, 2.24) is 0 Å². The van der Waals surface area contributed by atoms with E-state index in [9.17, 15) is 9.59 Å². The topological polar surface area (TPSA) is 89.6 Å². The molecule has 0 rings (SSSR count). The van der Waals surface area contributed by atoms with Gasteiger partial charge in [-0.25, -0.2) is 0 Å². The summed E-state index contributed by atoms with van der Waals surface area (Å²) in [5.74, 6) is -1.35. The first-order chi connectivity index (χ1) is 15.4. The zero-order valence-electron chi connectivity index (χ0n) is 21.5. The van der Waals surface area contributed by atoms with E-state index in [-0.39, 0.29) is 12.8 Å². The number of carboxylic acid groups (broad SMARTS) is 1. The van der Waals surface area contributed by atoms with E-state index in [4.69, 9.17) is 15.6 Å². The van der Waals surface area contributed by atoms with Crippen LogP contribution in [-0.4, -0.2) is 28.7 Å². The van der Waals surface area contributed by atoms with Gasteiger partial charge in [0.1, 0.15) is 11.6 Å². The van der Waals surface area contributed by atoms with Gasteiger partial charge in [-0.05, 0) is 44.9 Å². The van der Waals surface area contributed by atoms with Gasteiger partial charge in [0.15, 0.2) is 0 Å². The highest BCUT2D eigenvalue weighted by atomic mass is 16.6. The number of carbonyl (C=O) groups is 2. The SMILES string of the molecule is CCCCCCCCCC(CCCCCC)(CCCCCC)OC(=O)[C@@H](N)CCC(=O)O. The Morgan fingerprint density at radius 3 is 1.50 bits per heavy atom. The van der Waals surface area contributed by atoms with Gasteiger partial charge in [-0.3, -0.25) is 9.59 Å².